The Morgan fingerprint density at radius 2 is 1.79 bits per heavy atom. The highest BCUT2D eigenvalue weighted by Gasteiger charge is 2.27. The molecule has 2 aromatic carbocycles. The van der Waals surface area contributed by atoms with Crippen molar-refractivity contribution in [3.8, 4) is 5.69 Å². The number of anilines is 1. The zero-order valence-corrected chi connectivity index (χ0v) is 22.0. The molecule has 0 aliphatic heterocycles. The molecule has 1 N–H and O–H groups in total. The molecule has 0 aliphatic rings. The molecule has 0 bridgehead atoms. The first-order valence-corrected chi connectivity index (χ1v) is 13.0. The Morgan fingerprint density at radius 3 is 2.36 bits per heavy atom. The van der Waals surface area contributed by atoms with Crippen molar-refractivity contribution in [2.75, 3.05) is 18.4 Å². The first-order valence-electron chi connectivity index (χ1n) is 10.3. The normalized spacial score (nSPS) is 12.2. The topological polar surface area (TPSA) is 84.3 Å². The molecular formula is C23H26BrClN4O3S. The lowest BCUT2D eigenvalue weighted by Gasteiger charge is -2.20. The lowest BCUT2D eigenvalue weighted by molar-refractivity contribution is -0.116. The Balaban J connectivity index is 1.89. The van der Waals surface area contributed by atoms with Crippen LogP contribution in [0.5, 0.6) is 0 Å². The average molecular weight is 554 g/mol. The van der Waals surface area contributed by atoms with Crippen molar-refractivity contribution in [2.24, 2.45) is 0 Å². The Morgan fingerprint density at radius 1 is 1.15 bits per heavy atom. The monoisotopic (exact) mass is 552 g/mol. The van der Waals surface area contributed by atoms with Crippen molar-refractivity contribution < 1.29 is 13.2 Å². The van der Waals surface area contributed by atoms with Gasteiger partial charge >= 0.3 is 0 Å². The molecule has 176 valence electrons. The van der Waals surface area contributed by atoms with E-state index < -0.39 is 15.9 Å². The van der Waals surface area contributed by atoms with E-state index in [1.807, 2.05) is 32.9 Å². The van der Waals surface area contributed by atoms with E-state index in [9.17, 15) is 13.2 Å². The van der Waals surface area contributed by atoms with Crippen molar-refractivity contribution >= 4 is 49.3 Å². The van der Waals surface area contributed by atoms with Gasteiger partial charge in [0, 0.05) is 22.5 Å². The molecule has 0 saturated heterocycles. The first-order chi connectivity index (χ1) is 15.4. The van der Waals surface area contributed by atoms with Gasteiger partial charge in [-0.25, -0.2) is 13.1 Å². The Bertz CT molecular complexity index is 1250. The van der Waals surface area contributed by atoms with Crippen LogP contribution in [0.4, 0.5) is 5.82 Å². The molecule has 3 aromatic rings. The summed E-state index contributed by atoms with van der Waals surface area (Å²) in [6.45, 7) is 7.54. The van der Waals surface area contributed by atoms with Crippen LogP contribution in [0.25, 0.3) is 5.69 Å². The number of carbonyl (C=O) groups is 1. The fraction of sp³-hybridized carbons (Fsp3) is 0.304. The highest BCUT2D eigenvalue weighted by atomic mass is 79.9. The highest BCUT2D eigenvalue weighted by Crippen LogP contribution is 2.29. The lowest BCUT2D eigenvalue weighted by Crippen LogP contribution is -2.38. The van der Waals surface area contributed by atoms with Crippen molar-refractivity contribution in [3.05, 3.63) is 69.8 Å². The molecule has 0 fully saturated rings. The van der Waals surface area contributed by atoms with Gasteiger partial charge in [0.1, 0.15) is 5.82 Å². The van der Waals surface area contributed by atoms with E-state index in [-0.39, 0.29) is 23.4 Å². The Labute approximate surface area is 207 Å². The van der Waals surface area contributed by atoms with E-state index in [4.69, 9.17) is 11.6 Å². The van der Waals surface area contributed by atoms with Crippen LogP contribution in [0.3, 0.4) is 0 Å². The number of hydrogen-bond acceptors (Lipinski definition) is 4. The van der Waals surface area contributed by atoms with Gasteiger partial charge in [0.05, 0.1) is 27.8 Å². The predicted molar refractivity (Wildman–Crippen MR) is 134 cm³/mol. The van der Waals surface area contributed by atoms with Crippen LogP contribution in [0, 0.1) is 0 Å². The number of nitrogens with zero attached hydrogens (tertiary/aromatic N) is 3. The largest absolute Gasteiger partial charge is 0.309 e. The minimum atomic E-state index is -3.83. The van der Waals surface area contributed by atoms with E-state index >= 15 is 0 Å². The van der Waals surface area contributed by atoms with Crippen LogP contribution >= 0.6 is 27.5 Å². The minimum Gasteiger partial charge on any atom is -0.309 e. The standard InChI is InChI=1S/C23H26BrClN4O3S/c1-5-28(33(31,32)17-12-10-16(24)11-13-17)15-22(30)26-21-14-20(23(2,3)4)27-29(21)19-9-7-6-8-18(19)25/h6-14H,5,15H2,1-4H3,(H,26,30). The molecule has 0 radical (unpaired) electrons. The first kappa shape index (κ1) is 25.4. The molecule has 0 unspecified atom stereocenters. The summed E-state index contributed by atoms with van der Waals surface area (Å²) < 4.78 is 29.5. The van der Waals surface area contributed by atoms with Crippen molar-refractivity contribution in [2.45, 2.75) is 38.0 Å². The van der Waals surface area contributed by atoms with Gasteiger partial charge in [-0.15, -0.1) is 0 Å². The summed E-state index contributed by atoms with van der Waals surface area (Å²) >= 11 is 9.67. The van der Waals surface area contributed by atoms with Crippen LogP contribution in [-0.4, -0.2) is 41.5 Å². The molecule has 1 amide bonds. The van der Waals surface area contributed by atoms with Gasteiger partial charge in [-0.05, 0) is 36.4 Å². The summed E-state index contributed by atoms with van der Waals surface area (Å²) in [7, 11) is -3.83. The third-order valence-corrected chi connectivity index (χ3v) is 7.73. The van der Waals surface area contributed by atoms with Crippen molar-refractivity contribution in [3.63, 3.8) is 0 Å². The Kier molecular flexibility index (Phi) is 7.68. The molecule has 1 heterocycles. The molecule has 0 spiro atoms. The number of nitrogens with one attached hydrogen (secondary N) is 1. The van der Waals surface area contributed by atoms with E-state index in [0.717, 1.165) is 14.5 Å². The molecule has 7 nitrogen and oxygen atoms in total. The van der Waals surface area contributed by atoms with Crippen LogP contribution < -0.4 is 5.32 Å². The number of para-hydroxylation sites is 1. The predicted octanol–water partition coefficient (Wildman–Crippen LogP) is 5.24. The highest BCUT2D eigenvalue weighted by molar-refractivity contribution is 9.10. The number of aromatic nitrogens is 2. The zero-order chi connectivity index (χ0) is 24.4. The number of sulfonamides is 1. The van der Waals surface area contributed by atoms with E-state index in [0.29, 0.717) is 16.5 Å². The summed E-state index contributed by atoms with van der Waals surface area (Å²) in [5.74, 6) is -0.0682. The molecule has 0 saturated carbocycles. The van der Waals surface area contributed by atoms with Gasteiger partial charge in [-0.3, -0.25) is 4.79 Å². The second-order valence-corrected chi connectivity index (χ2v) is 11.7. The number of halogens is 2. The van der Waals surface area contributed by atoms with Crippen LogP contribution in [-0.2, 0) is 20.2 Å². The van der Waals surface area contributed by atoms with Gasteiger partial charge < -0.3 is 5.32 Å². The van der Waals surface area contributed by atoms with Gasteiger partial charge in [-0.2, -0.15) is 9.40 Å². The van der Waals surface area contributed by atoms with E-state index in [1.54, 1.807) is 41.9 Å². The minimum absolute atomic E-state index is 0.122. The lowest BCUT2D eigenvalue weighted by atomic mass is 9.92. The van der Waals surface area contributed by atoms with Crippen LogP contribution in [0.1, 0.15) is 33.4 Å². The summed E-state index contributed by atoms with van der Waals surface area (Å²) in [4.78, 5) is 13.1. The maximum Gasteiger partial charge on any atom is 0.243 e. The molecule has 1 aromatic heterocycles. The van der Waals surface area contributed by atoms with E-state index in [1.165, 1.54) is 12.1 Å². The number of rotatable bonds is 7. The van der Waals surface area contributed by atoms with Gasteiger partial charge in [-0.1, -0.05) is 67.4 Å². The summed E-state index contributed by atoms with van der Waals surface area (Å²) in [5.41, 5.74) is 1.10. The van der Waals surface area contributed by atoms with Gasteiger partial charge in [0.25, 0.3) is 0 Å². The number of carbonyl (C=O) groups excluding carboxylic acids is 1. The Hall–Kier alpha value is -2.20. The fourth-order valence-electron chi connectivity index (χ4n) is 3.11. The second-order valence-electron chi connectivity index (χ2n) is 8.46. The summed E-state index contributed by atoms with van der Waals surface area (Å²) in [6.07, 6.45) is 0. The van der Waals surface area contributed by atoms with Crippen molar-refractivity contribution in [1.82, 2.24) is 14.1 Å². The van der Waals surface area contributed by atoms with E-state index in [2.05, 4.69) is 26.3 Å². The van der Waals surface area contributed by atoms with Crippen molar-refractivity contribution in [1.29, 1.82) is 0 Å². The molecule has 0 aliphatic carbocycles. The maximum absolute atomic E-state index is 13.0. The number of amides is 1. The second kappa shape index (κ2) is 9.97. The van der Waals surface area contributed by atoms with Gasteiger partial charge in [0.2, 0.25) is 15.9 Å². The average Bonchev–Trinajstić information content (AvgIpc) is 3.16. The van der Waals surface area contributed by atoms with Crippen LogP contribution in [0.2, 0.25) is 5.02 Å². The fourth-order valence-corrected chi connectivity index (χ4v) is 4.99. The maximum atomic E-state index is 13.0. The molecule has 3 rings (SSSR count). The summed E-state index contributed by atoms with van der Waals surface area (Å²) in [5, 5.41) is 7.94. The summed E-state index contributed by atoms with van der Waals surface area (Å²) in [6, 6.07) is 15.3. The van der Waals surface area contributed by atoms with Gasteiger partial charge in [0.15, 0.2) is 0 Å². The third-order valence-electron chi connectivity index (χ3n) is 4.95. The number of benzene rings is 2. The molecule has 10 heteroatoms. The smallest absolute Gasteiger partial charge is 0.243 e. The number of hydrogen-bond donors (Lipinski definition) is 1. The number of likely N-dealkylation sites (N-methyl/N-ethyl adjacent to an activating group) is 1. The quantitative estimate of drug-likeness (QED) is 0.434. The molecule has 33 heavy (non-hydrogen) atoms. The third kappa shape index (κ3) is 5.84. The SMILES string of the molecule is CCN(CC(=O)Nc1cc(C(C)(C)C)nn1-c1ccccc1Cl)S(=O)(=O)c1ccc(Br)cc1. The van der Waals surface area contributed by atoms with Crippen LogP contribution in [0.15, 0.2) is 64.0 Å². The zero-order valence-electron chi connectivity index (χ0n) is 18.8. The molecule has 0 atom stereocenters. The molecular weight excluding hydrogens is 528 g/mol.